The Morgan fingerprint density at radius 1 is 1.16 bits per heavy atom. The molecule has 1 heterocycles. The molecule has 2 rings (SSSR count). The molecule has 102 valence electrons. The van der Waals surface area contributed by atoms with Crippen molar-refractivity contribution in [1.82, 2.24) is 10.3 Å². The van der Waals surface area contributed by atoms with Crippen LogP contribution in [0, 0.1) is 20.8 Å². The highest BCUT2D eigenvalue weighted by Gasteiger charge is 2.14. The smallest absolute Gasteiger partial charge is 0.0937 e. The van der Waals surface area contributed by atoms with Crippen molar-refractivity contribution in [1.29, 1.82) is 0 Å². The van der Waals surface area contributed by atoms with E-state index in [1.54, 1.807) is 0 Å². The van der Waals surface area contributed by atoms with Crippen molar-refractivity contribution in [3.63, 3.8) is 0 Å². The van der Waals surface area contributed by atoms with E-state index in [0.717, 1.165) is 13.0 Å². The molecule has 1 atom stereocenters. The molecule has 0 amide bonds. The Bertz CT molecular complexity index is 509. The molecule has 0 radical (unpaired) electrons. The van der Waals surface area contributed by atoms with E-state index < -0.39 is 0 Å². The molecule has 1 aromatic heterocycles. The predicted octanol–water partition coefficient (Wildman–Crippen LogP) is 3.61. The highest BCUT2D eigenvalue weighted by Crippen LogP contribution is 2.25. The monoisotopic (exact) mass is 274 g/mol. The van der Waals surface area contributed by atoms with Gasteiger partial charge in [0.05, 0.1) is 10.7 Å². The van der Waals surface area contributed by atoms with Crippen molar-refractivity contribution in [2.75, 3.05) is 13.6 Å². The summed E-state index contributed by atoms with van der Waals surface area (Å²) in [4.78, 5) is 6.00. The van der Waals surface area contributed by atoms with Crippen LogP contribution in [0.2, 0.25) is 0 Å². The highest BCUT2D eigenvalue weighted by molar-refractivity contribution is 7.11. The molecule has 0 saturated heterocycles. The van der Waals surface area contributed by atoms with E-state index in [2.05, 4.69) is 55.3 Å². The van der Waals surface area contributed by atoms with Gasteiger partial charge in [-0.05, 0) is 33.4 Å². The molecular formula is C16H22N2S. The zero-order valence-corrected chi connectivity index (χ0v) is 13.0. The third-order valence-corrected chi connectivity index (χ3v) is 4.59. The van der Waals surface area contributed by atoms with E-state index in [9.17, 15) is 0 Å². The summed E-state index contributed by atoms with van der Waals surface area (Å²) in [6.45, 7) is 7.36. The fraction of sp³-hybridized carbons (Fsp3) is 0.438. The number of likely N-dealkylation sites (N-methyl/N-ethyl adjacent to an activating group) is 1. The van der Waals surface area contributed by atoms with Gasteiger partial charge in [0.15, 0.2) is 0 Å². The second-order valence-corrected chi connectivity index (χ2v) is 6.41. The first kappa shape index (κ1) is 14.2. The average molecular weight is 274 g/mol. The minimum Gasteiger partial charge on any atom is -0.319 e. The SMILES string of the molecule is CNCC(Cc1nc(C)c(C)s1)c1ccc(C)cc1. The summed E-state index contributed by atoms with van der Waals surface area (Å²) >= 11 is 1.83. The maximum absolute atomic E-state index is 4.67. The predicted molar refractivity (Wildman–Crippen MR) is 83.1 cm³/mol. The first-order valence-electron chi connectivity index (χ1n) is 6.74. The summed E-state index contributed by atoms with van der Waals surface area (Å²) in [6.07, 6.45) is 1.02. The Labute approximate surface area is 119 Å². The van der Waals surface area contributed by atoms with Crippen LogP contribution in [0.3, 0.4) is 0 Å². The lowest BCUT2D eigenvalue weighted by Gasteiger charge is -2.16. The summed E-state index contributed by atoms with van der Waals surface area (Å²) in [5.41, 5.74) is 3.88. The quantitative estimate of drug-likeness (QED) is 0.901. The van der Waals surface area contributed by atoms with Crippen LogP contribution in [0.25, 0.3) is 0 Å². The van der Waals surface area contributed by atoms with Gasteiger partial charge < -0.3 is 5.32 Å². The van der Waals surface area contributed by atoms with Crippen LogP contribution >= 0.6 is 11.3 Å². The van der Waals surface area contributed by atoms with E-state index in [4.69, 9.17) is 0 Å². The average Bonchev–Trinajstić information content (AvgIpc) is 2.69. The van der Waals surface area contributed by atoms with Crippen LogP contribution in [0.1, 0.15) is 32.6 Å². The minimum atomic E-state index is 0.496. The van der Waals surface area contributed by atoms with Crippen LogP contribution in [0.4, 0.5) is 0 Å². The molecule has 1 unspecified atom stereocenters. The van der Waals surface area contributed by atoms with Crippen LogP contribution in [0.15, 0.2) is 24.3 Å². The Balaban J connectivity index is 2.18. The molecule has 0 spiro atoms. The van der Waals surface area contributed by atoms with Crippen molar-refractivity contribution in [3.05, 3.63) is 51.0 Å². The van der Waals surface area contributed by atoms with Gasteiger partial charge in [-0.3, -0.25) is 0 Å². The van der Waals surface area contributed by atoms with Gasteiger partial charge in [0.1, 0.15) is 0 Å². The summed E-state index contributed by atoms with van der Waals surface area (Å²) < 4.78 is 0. The minimum absolute atomic E-state index is 0.496. The van der Waals surface area contributed by atoms with E-state index in [1.165, 1.54) is 26.7 Å². The Morgan fingerprint density at radius 3 is 2.37 bits per heavy atom. The van der Waals surface area contributed by atoms with Gasteiger partial charge in [-0.2, -0.15) is 0 Å². The first-order chi connectivity index (χ1) is 9.10. The fourth-order valence-electron chi connectivity index (χ4n) is 2.23. The van der Waals surface area contributed by atoms with Crippen molar-refractivity contribution in [3.8, 4) is 0 Å². The molecule has 0 aliphatic carbocycles. The molecule has 19 heavy (non-hydrogen) atoms. The van der Waals surface area contributed by atoms with Crippen molar-refractivity contribution < 1.29 is 0 Å². The van der Waals surface area contributed by atoms with E-state index >= 15 is 0 Å². The van der Waals surface area contributed by atoms with E-state index in [-0.39, 0.29) is 0 Å². The number of nitrogens with one attached hydrogen (secondary N) is 1. The molecule has 3 heteroatoms. The maximum Gasteiger partial charge on any atom is 0.0937 e. The van der Waals surface area contributed by atoms with Gasteiger partial charge in [0.25, 0.3) is 0 Å². The highest BCUT2D eigenvalue weighted by atomic mass is 32.1. The lowest BCUT2D eigenvalue weighted by Crippen LogP contribution is -2.19. The number of nitrogens with zero attached hydrogens (tertiary/aromatic N) is 1. The van der Waals surface area contributed by atoms with Crippen LogP contribution < -0.4 is 5.32 Å². The Kier molecular flexibility index (Phi) is 4.72. The number of rotatable bonds is 5. The molecule has 0 fully saturated rings. The molecule has 0 saturated carbocycles. The van der Waals surface area contributed by atoms with Crippen LogP contribution in [-0.4, -0.2) is 18.6 Å². The third-order valence-electron chi connectivity index (χ3n) is 3.49. The van der Waals surface area contributed by atoms with Gasteiger partial charge >= 0.3 is 0 Å². The van der Waals surface area contributed by atoms with Gasteiger partial charge in [0, 0.05) is 23.8 Å². The fourth-order valence-corrected chi connectivity index (χ4v) is 3.24. The summed E-state index contributed by atoms with van der Waals surface area (Å²) in [5, 5.41) is 4.55. The van der Waals surface area contributed by atoms with Crippen LogP contribution in [0.5, 0.6) is 0 Å². The zero-order chi connectivity index (χ0) is 13.8. The van der Waals surface area contributed by atoms with Gasteiger partial charge in [0.2, 0.25) is 0 Å². The Hall–Kier alpha value is -1.19. The normalized spacial score (nSPS) is 12.6. The molecule has 1 N–H and O–H groups in total. The van der Waals surface area contributed by atoms with Crippen molar-refractivity contribution >= 4 is 11.3 Å². The second kappa shape index (κ2) is 6.31. The van der Waals surface area contributed by atoms with E-state index in [0.29, 0.717) is 5.92 Å². The van der Waals surface area contributed by atoms with Crippen LogP contribution in [-0.2, 0) is 6.42 Å². The first-order valence-corrected chi connectivity index (χ1v) is 7.56. The Morgan fingerprint density at radius 2 is 1.84 bits per heavy atom. The topological polar surface area (TPSA) is 24.9 Å². The summed E-state index contributed by atoms with van der Waals surface area (Å²) in [5.74, 6) is 0.496. The number of aryl methyl sites for hydroxylation is 3. The number of hydrogen-bond acceptors (Lipinski definition) is 3. The van der Waals surface area contributed by atoms with Gasteiger partial charge in [-0.1, -0.05) is 29.8 Å². The lowest BCUT2D eigenvalue weighted by molar-refractivity contribution is 0.623. The molecule has 0 bridgehead atoms. The van der Waals surface area contributed by atoms with Gasteiger partial charge in [-0.25, -0.2) is 4.98 Å². The van der Waals surface area contributed by atoms with Gasteiger partial charge in [-0.15, -0.1) is 11.3 Å². The zero-order valence-electron chi connectivity index (χ0n) is 12.2. The third kappa shape index (κ3) is 3.64. The molecule has 2 aromatic rings. The summed E-state index contributed by atoms with van der Waals surface area (Å²) in [7, 11) is 2.01. The molecular weight excluding hydrogens is 252 g/mol. The van der Waals surface area contributed by atoms with Crippen molar-refractivity contribution in [2.24, 2.45) is 0 Å². The molecule has 0 aliphatic heterocycles. The number of hydrogen-bond donors (Lipinski definition) is 1. The molecule has 2 nitrogen and oxygen atoms in total. The van der Waals surface area contributed by atoms with E-state index in [1.807, 2.05) is 18.4 Å². The van der Waals surface area contributed by atoms with Crippen molar-refractivity contribution in [2.45, 2.75) is 33.1 Å². The lowest BCUT2D eigenvalue weighted by atomic mass is 9.95. The number of benzene rings is 1. The largest absolute Gasteiger partial charge is 0.319 e. The number of aromatic nitrogens is 1. The molecule has 0 aliphatic rings. The standard InChI is InChI=1S/C16H22N2S/c1-11-5-7-14(8-6-11)15(10-17-4)9-16-18-12(2)13(3)19-16/h5-8,15,17H,9-10H2,1-4H3. The molecule has 1 aromatic carbocycles. The second-order valence-electron chi connectivity index (χ2n) is 5.12. The summed E-state index contributed by atoms with van der Waals surface area (Å²) in [6, 6.07) is 8.86. The number of thiazole rings is 1. The maximum atomic E-state index is 4.67.